The van der Waals surface area contributed by atoms with E-state index in [0.29, 0.717) is 45.2 Å². The normalized spacial score (nSPS) is 13.4. The largest absolute Gasteiger partial charge is 0.500 e. The summed E-state index contributed by atoms with van der Waals surface area (Å²) in [6.07, 6.45) is 9.52. The van der Waals surface area contributed by atoms with E-state index in [2.05, 4.69) is 31.4 Å². The molecule has 0 aromatic carbocycles. The van der Waals surface area contributed by atoms with E-state index >= 15 is 0 Å². The van der Waals surface area contributed by atoms with Crippen molar-refractivity contribution in [1.29, 1.82) is 0 Å². The summed E-state index contributed by atoms with van der Waals surface area (Å²) in [5.74, 6) is 0.281. The molecule has 1 atom stereocenters. The molecular weight excluding hydrogens is 653 g/mol. The topological polar surface area (TPSA) is 97.9 Å². The fourth-order valence-corrected chi connectivity index (χ4v) is 13.6. The van der Waals surface area contributed by atoms with Crippen LogP contribution in [0.25, 0.3) is 0 Å². The van der Waals surface area contributed by atoms with Crippen LogP contribution in [0.1, 0.15) is 114 Å². The third kappa shape index (κ3) is 22.2. The molecule has 0 saturated carbocycles. The highest BCUT2D eigenvalue weighted by Crippen LogP contribution is 2.22. The second kappa shape index (κ2) is 31.4. The maximum absolute atomic E-state index is 6.06. The Labute approximate surface area is 290 Å². The molecule has 0 aromatic rings. The molecule has 0 spiro atoms. The maximum Gasteiger partial charge on any atom is 0.500 e. The minimum absolute atomic E-state index is 0.281. The van der Waals surface area contributed by atoms with E-state index in [4.69, 9.17) is 35.4 Å². The van der Waals surface area contributed by atoms with Crippen molar-refractivity contribution >= 4 is 36.4 Å². The van der Waals surface area contributed by atoms with Crippen LogP contribution in [-0.2, 0) is 35.4 Å². The van der Waals surface area contributed by atoms with Gasteiger partial charge in [-0.05, 0) is 87.7 Å². The summed E-state index contributed by atoms with van der Waals surface area (Å²) < 4.78 is 48.1. The molecule has 0 heterocycles. The van der Waals surface area contributed by atoms with E-state index in [1.165, 1.54) is 44.6 Å². The molecule has 0 aliphatic carbocycles. The van der Waals surface area contributed by atoms with Crippen LogP contribution in [0, 0.1) is 0 Å². The van der Waals surface area contributed by atoms with Gasteiger partial charge in [0.05, 0.1) is 9.52 Å². The average Bonchev–Trinajstić information content (AvgIpc) is 3.02. The summed E-state index contributed by atoms with van der Waals surface area (Å²) in [6.45, 7) is 25.5. The maximum atomic E-state index is 6.06. The Morgan fingerprint density at radius 1 is 0.522 bits per heavy atom. The highest BCUT2D eigenvalue weighted by Gasteiger charge is 2.40. The summed E-state index contributed by atoms with van der Waals surface area (Å²) in [6, 6.07) is 2.88. The molecule has 2 N–H and O–H groups in total. The Bertz CT molecular complexity index is 589. The van der Waals surface area contributed by atoms with Crippen LogP contribution in [0.3, 0.4) is 0 Å². The first-order chi connectivity index (χ1) is 22.3. The first kappa shape index (κ1) is 46.5. The van der Waals surface area contributed by atoms with Crippen LogP contribution in [0.4, 0.5) is 0 Å². The fourth-order valence-electron chi connectivity index (χ4n) is 5.40. The summed E-state index contributed by atoms with van der Waals surface area (Å²) in [4.78, 5) is 0. The Balaban J connectivity index is 4.85. The van der Waals surface area contributed by atoms with Gasteiger partial charge in [-0.25, -0.2) is 0 Å². The van der Waals surface area contributed by atoms with Gasteiger partial charge in [-0.15, -0.1) is 0 Å². The van der Waals surface area contributed by atoms with Crippen LogP contribution in [0.2, 0.25) is 23.7 Å². The highest BCUT2D eigenvalue weighted by molar-refractivity contribution is 6.61. The van der Waals surface area contributed by atoms with E-state index in [9.17, 15) is 0 Å². The molecule has 0 aliphatic rings. The van der Waals surface area contributed by atoms with Gasteiger partial charge in [0.2, 0.25) is 0 Å². The lowest BCUT2D eigenvalue weighted by Gasteiger charge is -2.29. The molecule has 46 heavy (non-hydrogen) atoms. The van der Waals surface area contributed by atoms with Gasteiger partial charge in [-0.3, -0.25) is 0 Å². The summed E-state index contributed by atoms with van der Waals surface area (Å²) in [5, 5.41) is 7.60. The molecule has 0 fully saturated rings. The third-order valence-corrected chi connectivity index (χ3v) is 17.3. The van der Waals surface area contributed by atoms with Crippen molar-refractivity contribution in [1.82, 2.24) is 10.6 Å². The van der Waals surface area contributed by atoms with E-state index in [0.717, 1.165) is 60.8 Å². The molecule has 3 radical (unpaired) electrons. The van der Waals surface area contributed by atoms with Gasteiger partial charge in [0.25, 0.3) is 0 Å². The van der Waals surface area contributed by atoms with Crippen molar-refractivity contribution in [2.75, 3.05) is 65.9 Å². The first-order valence-corrected chi connectivity index (χ1v) is 25.0. The van der Waals surface area contributed by atoms with Gasteiger partial charge in [0.1, 0.15) is 0 Å². The molecule has 0 saturated heterocycles. The van der Waals surface area contributed by atoms with Crippen molar-refractivity contribution in [2.45, 2.75) is 143 Å². The lowest BCUT2D eigenvalue weighted by Crippen LogP contribution is -2.50. The van der Waals surface area contributed by atoms with Crippen molar-refractivity contribution in [3.63, 3.8) is 0 Å². The molecule has 0 bridgehead atoms. The van der Waals surface area contributed by atoms with E-state index in [1.54, 1.807) is 0 Å². The van der Waals surface area contributed by atoms with Crippen molar-refractivity contribution < 1.29 is 35.4 Å². The summed E-state index contributed by atoms with van der Waals surface area (Å²) in [7, 11) is -5.57. The molecule has 10 nitrogen and oxygen atoms in total. The molecule has 0 rings (SSSR count). The predicted octanol–water partition coefficient (Wildman–Crippen LogP) is 6.74. The number of rotatable bonds is 36. The molecule has 0 amide bonds. The number of unbranched alkanes of at least 4 members (excludes halogenated alkanes) is 4. The second-order valence-corrected chi connectivity index (χ2v) is 20.3. The highest BCUT2D eigenvalue weighted by atomic mass is 28.4. The van der Waals surface area contributed by atoms with Gasteiger partial charge in [-0.2, -0.15) is 0 Å². The minimum atomic E-state index is -2.62. The molecular formula is C32H73N2O8Si4. The number of nitrogens with one attached hydrogen (secondary N) is 2. The molecule has 275 valence electrons. The molecule has 14 heteroatoms. The van der Waals surface area contributed by atoms with Crippen LogP contribution < -0.4 is 10.6 Å². The zero-order valence-corrected chi connectivity index (χ0v) is 35.3. The van der Waals surface area contributed by atoms with Crippen LogP contribution in [-0.4, -0.2) is 108 Å². The van der Waals surface area contributed by atoms with Gasteiger partial charge < -0.3 is 46.0 Å². The average molecular weight is 726 g/mol. The monoisotopic (exact) mass is 725 g/mol. The SMILES string of the molecule is CCO[Si](OCC)C(C)CCCCCCC[Si]C(NCCC[Si](OCC)(OCC)OCC)NCCC[Si](OCC)(OCC)OCC. The van der Waals surface area contributed by atoms with Gasteiger partial charge in [-0.1, -0.05) is 45.1 Å². The standard InChI is InChI=1S/C32H73N2O8Si4/c1-10-35-44(36-11-2)31(9)25-21-19-18-20-22-28-43-32(33-26-23-29-45(37-12-3,38-13-4)39-14-5)34-27-24-30-46(40-15-6,41-16-7)42-17-8/h31-34H,10-30H2,1-9H3. The van der Waals surface area contributed by atoms with Gasteiger partial charge >= 0.3 is 26.9 Å². The summed E-state index contributed by atoms with van der Waals surface area (Å²) in [5.41, 5.74) is 0.538. The number of hydrogen-bond donors (Lipinski definition) is 2. The predicted molar refractivity (Wildman–Crippen MR) is 197 cm³/mol. The number of hydrogen-bond acceptors (Lipinski definition) is 10. The third-order valence-electron chi connectivity index (χ3n) is 7.34. The van der Waals surface area contributed by atoms with Crippen molar-refractivity contribution in [3.05, 3.63) is 0 Å². The van der Waals surface area contributed by atoms with E-state index in [-0.39, 0.29) is 5.79 Å². The van der Waals surface area contributed by atoms with Gasteiger partial charge in [0.15, 0.2) is 0 Å². The second-order valence-electron chi connectivity index (χ2n) is 11.1. The summed E-state index contributed by atoms with van der Waals surface area (Å²) >= 11 is 0. The lowest BCUT2D eigenvalue weighted by atomic mass is 10.1. The van der Waals surface area contributed by atoms with Gasteiger partial charge in [0, 0.05) is 76.3 Å². The fraction of sp³-hybridized carbons (Fsp3) is 1.00. The Morgan fingerprint density at radius 2 is 0.913 bits per heavy atom. The zero-order chi connectivity index (χ0) is 34.4. The lowest BCUT2D eigenvalue weighted by molar-refractivity contribution is 0.0701. The van der Waals surface area contributed by atoms with E-state index in [1.807, 2.05) is 41.5 Å². The Kier molecular flexibility index (Phi) is 31.8. The van der Waals surface area contributed by atoms with Crippen LogP contribution in [0.5, 0.6) is 0 Å². The van der Waals surface area contributed by atoms with Crippen LogP contribution >= 0.6 is 0 Å². The first-order valence-electron chi connectivity index (χ1n) is 18.5. The molecule has 0 aromatic heterocycles. The van der Waals surface area contributed by atoms with Crippen molar-refractivity contribution in [2.24, 2.45) is 0 Å². The van der Waals surface area contributed by atoms with Crippen LogP contribution in [0.15, 0.2) is 0 Å². The smallest absolute Gasteiger partial charge is 0.393 e. The Morgan fingerprint density at radius 3 is 1.30 bits per heavy atom. The van der Waals surface area contributed by atoms with E-state index < -0.39 is 26.9 Å². The Hall–Kier alpha value is 0.468. The molecule has 0 aliphatic heterocycles. The zero-order valence-electron chi connectivity index (χ0n) is 31.3. The van der Waals surface area contributed by atoms with Crippen molar-refractivity contribution in [3.8, 4) is 0 Å². The quantitative estimate of drug-likeness (QED) is 0.0411. The molecule has 1 unspecified atom stereocenters. The minimum Gasteiger partial charge on any atom is -0.393 e.